The van der Waals surface area contributed by atoms with Crippen molar-refractivity contribution in [3.05, 3.63) is 53.3 Å². The molecule has 0 aromatic heterocycles. The van der Waals surface area contributed by atoms with E-state index in [2.05, 4.69) is 6.92 Å². The number of halogens is 3. The van der Waals surface area contributed by atoms with E-state index in [-0.39, 0.29) is 29.1 Å². The molecular formula is C24H27F3O3. The van der Waals surface area contributed by atoms with Crippen molar-refractivity contribution in [1.82, 2.24) is 0 Å². The highest BCUT2D eigenvalue weighted by atomic mass is 19.2. The number of hydrogen-bond donors (Lipinski definition) is 1. The van der Waals surface area contributed by atoms with Crippen LogP contribution in [0, 0.1) is 29.3 Å². The van der Waals surface area contributed by atoms with Gasteiger partial charge in [0.05, 0.1) is 12.5 Å². The lowest BCUT2D eigenvalue weighted by molar-refractivity contribution is -0.150. The second kappa shape index (κ2) is 9.54. The summed E-state index contributed by atoms with van der Waals surface area (Å²) >= 11 is 0. The first-order valence-corrected chi connectivity index (χ1v) is 10.5. The molecule has 3 nitrogen and oxygen atoms in total. The van der Waals surface area contributed by atoms with E-state index in [0.29, 0.717) is 30.1 Å². The van der Waals surface area contributed by atoms with Crippen LogP contribution >= 0.6 is 0 Å². The summed E-state index contributed by atoms with van der Waals surface area (Å²) in [6.45, 7) is 4.19. The number of rotatable bonds is 6. The predicted octanol–water partition coefficient (Wildman–Crippen LogP) is 6.34. The molecule has 1 aliphatic carbocycles. The van der Waals surface area contributed by atoms with Gasteiger partial charge in [-0.2, -0.15) is 0 Å². The number of esters is 1. The third kappa shape index (κ3) is 4.63. The van der Waals surface area contributed by atoms with E-state index in [9.17, 15) is 23.1 Å². The number of carbonyl (C=O) groups is 1. The molecule has 1 aliphatic rings. The summed E-state index contributed by atoms with van der Waals surface area (Å²) in [5.41, 5.74) is 1.11. The van der Waals surface area contributed by atoms with Crippen LogP contribution in [0.15, 0.2) is 30.3 Å². The highest BCUT2D eigenvalue weighted by Gasteiger charge is 2.37. The molecule has 3 unspecified atom stereocenters. The van der Waals surface area contributed by atoms with Gasteiger partial charge in [0, 0.05) is 5.92 Å². The number of benzene rings is 2. The maximum absolute atomic E-state index is 13.6. The van der Waals surface area contributed by atoms with Crippen molar-refractivity contribution in [3.8, 4) is 16.9 Å². The summed E-state index contributed by atoms with van der Waals surface area (Å²) in [5, 5.41) is 10.7. The molecular weight excluding hydrogens is 393 g/mol. The molecule has 0 bridgehead atoms. The first-order valence-electron chi connectivity index (χ1n) is 10.5. The average Bonchev–Trinajstić information content (AvgIpc) is 2.72. The molecule has 0 saturated heterocycles. The van der Waals surface area contributed by atoms with Crippen molar-refractivity contribution in [1.29, 1.82) is 0 Å². The van der Waals surface area contributed by atoms with Crippen LogP contribution in [0.5, 0.6) is 5.75 Å². The molecule has 6 heteroatoms. The molecule has 0 spiro atoms. The summed E-state index contributed by atoms with van der Waals surface area (Å²) in [4.78, 5) is 12.6. The van der Waals surface area contributed by atoms with Crippen LogP contribution in [0.1, 0.15) is 57.4 Å². The van der Waals surface area contributed by atoms with Gasteiger partial charge in [-0.1, -0.05) is 31.9 Å². The summed E-state index contributed by atoms with van der Waals surface area (Å²) in [6.07, 6.45) is 4.53. The Balaban J connectivity index is 1.91. The summed E-state index contributed by atoms with van der Waals surface area (Å²) in [5.74, 6) is -4.48. The van der Waals surface area contributed by atoms with E-state index in [1.165, 1.54) is 6.07 Å². The maximum atomic E-state index is 13.6. The average molecular weight is 420 g/mol. The van der Waals surface area contributed by atoms with E-state index in [4.69, 9.17) is 4.74 Å². The van der Waals surface area contributed by atoms with Crippen molar-refractivity contribution in [2.24, 2.45) is 11.8 Å². The Morgan fingerprint density at radius 1 is 1.07 bits per heavy atom. The summed E-state index contributed by atoms with van der Waals surface area (Å²) in [6, 6.07) is 6.50. The molecule has 30 heavy (non-hydrogen) atoms. The van der Waals surface area contributed by atoms with Crippen LogP contribution in [0.4, 0.5) is 13.2 Å². The van der Waals surface area contributed by atoms with Gasteiger partial charge in [-0.25, -0.2) is 13.2 Å². The first kappa shape index (κ1) is 22.2. The molecule has 3 atom stereocenters. The molecule has 1 N–H and O–H groups in total. The summed E-state index contributed by atoms with van der Waals surface area (Å²) < 4.78 is 45.7. The SMILES string of the molecule is CCCC1CCC(c2ccc(-c3cc(F)c(F)c(F)c3)cc2O)C(C(=O)OCC)C1. The van der Waals surface area contributed by atoms with Crippen molar-refractivity contribution < 1.29 is 27.8 Å². The fourth-order valence-electron chi connectivity index (χ4n) is 4.57. The first-order chi connectivity index (χ1) is 14.3. The second-order valence-corrected chi connectivity index (χ2v) is 7.96. The lowest BCUT2D eigenvalue weighted by atomic mass is 9.70. The van der Waals surface area contributed by atoms with Crippen LogP contribution in [0.25, 0.3) is 11.1 Å². The minimum Gasteiger partial charge on any atom is -0.508 e. The molecule has 0 radical (unpaired) electrons. The van der Waals surface area contributed by atoms with Crippen LogP contribution in [-0.4, -0.2) is 17.7 Å². The lowest BCUT2D eigenvalue weighted by Crippen LogP contribution is -2.31. The highest BCUT2D eigenvalue weighted by Crippen LogP contribution is 2.45. The molecule has 162 valence electrons. The van der Waals surface area contributed by atoms with Gasteiger partial charge < -0.3 is 9.84 Å². The van der Waals surface area contributed by atoms with E-state index >= 15 is 0 Å². The van der Waals surface area contributed by atoms with Gasteiger partial charge in [-0.15, -0.1) is 0 Å². The van der Waals surface area contributed by atoms with Crippen LogP contribution < -0.4 is 0 Å². The lowest BCUT2D eigenvalue weighted by Gasteiger charge is -2.35. The van der Waals surface area contributed by atoms with Crippen molar-refractivity contribution in [2.45, 2.75) is 51.9 Å². The third-order valence-electron chi connectivity index (χ3n) is 5.99. The van der Waals surface area contributed by atoms with E-state index in [0.717, 1.165) is 37.8 Å². The fourth-order valence-corrected chi connectivity index (χ4v) is 4.57. The van der Waals surface area contributed by atoms with Gasteiger partial charge in [0.1, 0.15) is 5.75 Å². The van der Waals surface area contributed by atoms with Crippen LogP contribution in [-0.2, 0) is 9.53 Å². The van der Waals surface area contributed by atoms with Gasteiger partial charge in [-0.3, -0.25) is 4.79 Å². The molecule has 3 rings (SSSR count). The Morgan fingerprint density at radius 3 is 2.37 bits per heavy atom. The van der Waals surface area contributed by atoms with E-state index < -0.39 is 17.5 Å². The Bertz CT molecular complexity index is 890. The van der Waals surface area contributed by atoms with E-state index in [1.807, 2.05) is 0 Å². The standard InChI is InChI=1S/C24H27F3O3/c1-3-5-14-6-8-17(19(10-14)24(29)30-4-2)18-9-7-15(13-22(18)28)16-11-20(25)23(27)21(26)12-16/h7,9,11-14,17,19,28H,3-6,8,10H2,1-2H3. The van der Waals surface area contributed by atoms with Crippen molar-refractivity contribution in [3.63, 3.8) is 0 Å². The summed E-state index contributed by atoms with van der Waals surface area (Å²) in [7, 11) is 0. The number of hydrogen-bond acceptors (Lipinski definition) is 3. The molecule has 2 aromatic rings. The number of phenols is 1. The Kier molecular flexibility index (Phi) is 7.06. The quantitative estimate of drug-likeness (QED) is 0.438. The van der Waals surface area contributed by atoms with E-state index in [1.54, 1.807) is 19.1 Å². The zero-order valence-corrected chi connectivity index (χ0v) is 17.3. The zero-order valence-electron chi connectivity index (χ0n) is 17.3. The Labute approximate surface area is 174 Å². The monoisotopic (exact) mass is 420 g/mol. The van der Waals surface area contributed by atoms with Gasteiger partial charge in [0.2, 0.25) is 0 Å². The number of ether oxygens (including phenoxy) is 1. The smallest absolute Gasteiger partial charge is 0.309 e. The van der Waals surface area contributed by atoms with Gasteiger partial charge in [0.25, 0.3) is 0 Å². The minimum absolute atomic E-state index is 0.0501. The Hall–Kier alpha value is -2.50. The second-order valence-electron chi connectivity index (χ2n) is 7.96. The topological polar surface area (TPSA) is 46.5 Å². The third-order valence-corrected chi connectivity index (χ3v) is 5.99. The Morgan fingerprint density at radius 2 is 1.77 bits per heavy atom. The predicted molar refractivity (Wildman–Crippen MR) is 109 cm³/mol. The van der Waals surface area contributed by atoms with Crippen molar-refractivity contribution in [2.75, 3.05) is 6.61 Å². The number of carbonyl (C=O) groups excluding carboxylic acids is 1. The minimum atomic E-state index is -1.53. The van der Waals surface area contributed by atoms with Crippen LogP contribution in [0.3, 0.4) is 0 Å². The molecule has 0 heterocycles. The van der Waals surface area contributed by atoms with Crippen molar-refractivity contribution >= 4 is 5.97 Å². The largest absolute Gasteiger partial charge is 0.508 e. The normalized spacial score (nSPS) is 21.4. The molecule has 0 aliphatic heterocycles. The molecule has 1 fully saturated rings. The van der Waals surface area contributed by atoms with Gasteiger partial charge in [0.15, 0.2) is 17.5 Å². The molecule has 2 aromatic carbocycles. The molecule has 1 saturated carbocycles. The van der Waals surface area contributed by atoms with Gasteiger partial charge >= 0.3 is 5.97 Å². The zero-order chi connectivity index (χ0) is 21.8. The highest BCUT2D eigenvalue weighted by molar-refractivity contribution is 5.74. The molecule has 0 amide bonds. The maximum Gasteiger partial charge on any atom is 0.309 e. The number of phenolic OH excluding ortho intramolecular Hbond substituents is 1. The fraction of sp³-hybridized carbons (Fsp3) is 0.458. The van der Waals surface area contributed by atoms with Crippen LogP contribution in [0.2, 0.25) is 0 Å². The number of aromatic hydroxyl groups is 1. The van der Waals surface area contributed by atoms with Gasteiger partial charge in [-0.05, 0) is 67.0 Å².